The molecule has 84 valence electrons. The molecule has 0 aliphatic carbocycles. The summed E-state index contributed by atoms with van der Waals surface area (Å²) in [5.74, 6) is 0.845. The van der Waals surface area contributed by atoms with E-state index in [0.29, 0.717) is 16.8 Å². The second kappa shape index (κ2) is 5.33. The van der Waals surface area contributed by atoms with Gasteiger partial charge < -0.3 is 10.0 Å². The molecule has 0 fully saturated rings. The molecule has 0 amide bonds. The Morgan fingerprint density at radius 2 is 2.20 bits per heavy atom. The molecule has 1 aromatic rings. The van der Waals surface area contributed by atoms with Crippen molar-refractivity contribution in [2.75, 3.05) is 11.9 Å². The molecule has 4 heteroatoms. The standard InChI is InChI=1S/C11H17ClN2O/c1-4-8(2)14(3)11-6-5-9(12)10(7-15)13-11/h5-6,8,15H,4,7H2,1-3H3. The molecule has 0 spiro atoms. The third-order valence-electron chi connectivity index (χ3n) is 2.67. The van der Waals surface area contributed by atoms with Crippen molar-refractivity contribution < 1.29 is 5.11 Å². The van der Waals surface area contributed by atoms with E-state index < -0.39 is 0 Å². The van der Waals surface area contributed by atoms with Crippen molar-refractivity contribution >= 4 is 17.4 Å². The van der Waals surface area contributed by atoms with E-state index >= 15 is 0 Å². The molecule has 0 saturated carbocycles. The fraction of sp³-hybridized carbons (Fsp3) is 0.545. The Bertz CT molecular complexity index is 330. The van der Waals surface area contributed by atoms with Crippen molar-refractivity contribution in [1.29, 1.82) is 0 Å². The highest BCUT2D eigenvalue weighted by Gasteiger charge is 2.10. The molecule has 1 N–H and O–H groups in total. The van der Waals surface area contributed by atoms with E-state index in [4.69, 9.17) is 16.7 Å². The van der Waals surface area contributed by atoms with E-state index in [9.17, 15) is 0 Å². The third-order valence-corrected chi connectivity index (χ3v) is 3.01. The van der Waals surface area contributed by atoms with Crippen LogP contribution < -0.4 is 4.90 Å². The number of aromatic nitrogens is 1. The van der Waals surface area contributed by atoms with Crippen LogP contribution in [0.3, 0.4) is 0 Å². The van der Waals surface area contributed by atoms with E-state index in [2.05, 4.69) is 23.7 Å². The van der Waals surface area contributed by atoms with Gasteiger partial charge in [-0.05, 0) is 25.5 Å². The summed E-state index contributed by atoms with van der Waals surface area (Å²) in [5, 5.41) is 9.57. The first kappa shape index (κ1) is 12.3. The topological polar surface area (TPSA) is 36.4 Å². The highest BCUT2D eigenvalue weighted by molar-refractivity contribution is 6.31. The molecular formula is C11H17ClN2O. The fourth-order valence-electron chi connectivity index (χ4n) is 1.28. The van der Waals surface area contributed by atoms with Crippen molar-refractivity contribution in [2.24, 2.45) is 0 Å². The molecule has 0 bridgehead atoms. The molecule has 1 rings (SSSR count). The lowest BCUT2D eigenvalue weighted by molar-refractivity contribution is 0.277. The Labute approximate surface area is 95.7 Å². The summed E-state index contributed by atoms with van der Waals surface area (Å²) in [7, 11) is 1.99. The van der Waals surface area contributed by atoms with Gasteiger partial charge in [0.2, 0.25) is 0 Å². The number of aliphatic hydroxyl groups is 1. The lowest BCUT2D eigenvalue weighted by Gasteiger charge is -2.25. The van der Waals surface area contributed by atoms with Gasteiger partial charge in [0.25, 0.3) is 0 Å². The molecular weight excluding hydrogens is 212 g/mol. The molecule has 0 radical (unpaired) electrons. The Balaban J connectivity index is 2.95. The van der Waals surface area contributed by atoms with E-state index in [1.807, 2.05) is 13.1 Å². The summed E-state index contributed by atoms with van der Waals surface area (Å²) in [4.78, 5) is 6.38. The predicted octanol–water partition coefficient (Wildman–Crippen LogP) is 2.46. The van der Waals surface area contributed by atoms with Crippen LogP contribution in [-0.2, 0) is 6.61 Å². The maximum atomic E-state index is 9.05. The Hall–Kier alpha value is -0.800. The molecule has 0 aliphatic heterocycles. The van der Waals surface area contributed by atoms with Gasteiger partial charge in [-0.15, -0.1) is 0 Å². The molecule has 1 heterocycles. The number of halogens is 1. The first-order chi connectivity index (χ1) is 7.10. The Kier molecular flexibility index (Phi) is 4.36. The number of aliphatic hydroxyl groups excluding tert-OH is 1. The molecule has 15 heavy (non-hydrogen) atoms. The van der Waals surface area contributed by atoms with Crippen LogP contribution in [0.15, 0.2) is 12.1 Å². The summed E-state index contributed by atoms with van der Waals surface area (Å²) in [6.45, 7) is 4.14. The second-order valence-electron chi connectivity index (χ2n) is 3.62. The van der Waals surface area contributed by atoms with E-state index in [-0.39, 0.29) is 6.61 Å². The van der Waals surface area contributed by atoms with Crippen LogP contribution >= 0.6 is 11.6 Å². The summed E-state index contributed by atoms with van der Waals surface area (Å²) in [5.41, 5.74) is 0.532. The maximum absolute atomic E-state index is 9.05. The summed E-state index contributed by atoms with van der Waals surface area (Å²) in [6.07, 6.45) is 1.05. The molecule has 0 saturated heterocycles. The SMILES string of the molecule is CCC(C)N(C)c1ccc(Cl)c(CO)n1. The van der Waals surface area contributed by atoms with Gasteiger partial charge in [-0.1, -0.05) is 18.5 Å². The van der Waals surface area contributed by atoms with Gasteiger partial charge in [-0.25, -0.2) is 4.98 Å². The van der Waals surface area contributed by atoms with Crippen LogP contribution in [0.4, 0.5) is 5.82 Å². The van der Waals surface area contributed by atoms with E-state index in [1.54, 1.807) is 6.07 Å². The molecule has 1 atom stereocenters. The molecule has 0 aromatic carbocycles. The van der Waals surface area contributed by atoms with Crippen molar-refractivity contribution in [1.82, 2.24) is 4.98 Å². The maximum Gasteiger partial charge on any atom is 0.128 e. The largest absolute Gasteiger partial charge is 0.390 e. The third kappa shape index (κ3) is 2.83. The van der Waals surface area contributed by atoms with Gasteiger partial charge in [0, 0.05) is 13.1 Å². The number of anilines is 1. The van der Waals surface area contributed by atoms with E-state index in [0.717, 1.165) is 12.2 Å². The first-order valence-corrected chi connectivity index (χ1v) is 5.47. The lowest BCUT2D eigenvalue weighted by Crippen LogP contribution is -2.28. The smallest absolute Gasteiger partial charge is 0.128 e. The van der Waals surface area contributed by atoms with Crippen molar-refractivity contribution in [2.45, 2.75) is 32.9 Å². The summed E-state index contributed by atoms with van der Waals surface area (Å²) < 4.78 is 0. The number of nitrogens with zero attached hydrogens (tertiary/aromatic N) is 2. The minimum atomic E-state index is -0.124. The lowest BCUT2D eigenvalue weighted by atomic mass is 10.2. The number of rotatable bonds is 4. The molecule has 3 nitrogen and oxygen atoms in total. The number of pyridine rings is 1. The normalized spacial score (nSPS) is 12.6. The summed E-state index contributed by atoms with van der Waals surface area (Å²) in [6, 6.07) is 4.06. The van der Waals surface area contributed by atoms with Crippen LogP contribution in [0.1, 0.15) is 26.0 Å². The molecule has 1 unspecified atom stereocenters. The quantitative estimate of drug-likeness (QED) is 0.860. The Morgan fingerprint density at radius 3 is 2.73 bits per heavy atom. The zero-order valence-electron chi connectivity index (χ0n) is 9.37. The fourth-order valence-corrected chi connectivity index (χ4v) is 1.44. The van der Waals surface area contributed by atoms with Crippen LogP contribution in [0, 0.1) is 0 Å². The monoisotopic (exact) mass is 228 g/mol. The van der Waals surface area contributed by atoms with Crippen molar-refractivity contribution in [3.05, 3.63) is 22.8 Å². The highest BCUT2D eigenvalue weighted by atomic mass is 35.5. The van der Waals surface area contributed by atoms with E-state index in [1.165, 1.54) is 0 Å². The van der Waals surface area contributed by atoms with Crippen molar-refractivity contribution in [3.8, 4) is 0 Å². The van der Waals surface area contributed by atoms with Gasteiger partial charge in [-0.3, -0.25) is 0 Å². The van der Waals surface area contributed by atoms with Gasteiger partial charge in [0.05, 0.1) is 17.3 Å². The average Bonchev–Trinajstić information content (AvgIpc) is 2.27. The zero-order valence-corrected chi connectivity index (χ0v) is 10.1. The van der Waals surface area contributed by atoms with Crippen LogP contribution in [-0.4, -0.2) is 23.2 Å². The predicted molar refractivity (Wildman–Crippen MR) is 63.3 cm³/mol. The minimum Gasteiger partial charge on any atom is -0.390 e. The highest BCUT2D eigenvalue weighted by Crippen LogP contribution is 2.20. The molecule has 1 aromatic heterocycles. The zero-order chi connectivity index (χ0) is 11.4. The Morgan fingerprint density at radius 1 is 1.53 bits per heavy atom. The van der Waals surface area contributed by atoms with Gasteiger partial charge in [-0.2, -0.15) is 0 Å². The second-order valence-corrected chi connectivity index (χ2v) is 4.03. The number of hydrogen-bond acceptors (Lipinski definition) is 3. The first-order valence-electron chi connectivity index (χ1n) is 5.09. The average molecular weight is 229 g/mol. The van der Waals surface area contributed by atoms with Crippen LogP contribution in [0.5, 0.6) is 0 Å². The van der Waals surface area contributed by atoms with Crippen LogP contribution in [0.25, 0.3) is 0 Å². The van der Waals surface area contributed by atoms with Gasteiger partial charge >= 0.3 is 0 Å². The van der Waals surface area contributed by atoms with Crippen LogP contribution in [0.2, 0.25) is 5.02 Å². The minimum absolute atomic E-state index is 0.124. The number of hydrogen-bond donors (Lipinski definition) is 1. The van der Waals surface area contributed by atoms with Crippen molar-refractivity contribution in [3.63, 3.8) is 0 Å². The van der Waals surface area contributed by atoms with Gasteiger partial charge in [0.15, 0.2) is 0 Å². The summed E-state index contributed by atoms with van der Waals surface area (Å²) >= 11 is 5.87. The molecule has 0 aliphatic rings. The van der Waals surface area contributed by atoms with Gasteiger partial charge in [0.1, 0.15) is 5.82 Å².